The van der Waals surface area contributed by atoms with E-state index in [2.05, 4.69) is 15.3 Å². The van der Waals surface area contributed by atoms with Gasteiger partial charge in [-0.2, -0.15) is 0 Å². The number of carbonyl (C=O) groups is 2. The molecule has 28 heavy (non-hydrogen) atoms. The van der Waals surface area contributed by atoms with E-state index in [0.29, 0.717) is 17.8 Å². The second-order valence-electron chi connectivity index (χ2n) is 6.83. The van der Waals surface area contributed by atoms with Gasteiger partial charge in [-0.3, -0.25) is 9.59 Å². The fraction of sp³-hybridized carbons (Fsp3) is 0.286. The summed E-state index contributed by atoms with van der Waals surface area (Å²) in [7, 11) is 1.62. The van der Waals surface area contributed by atoms with Crippen LogP contribution in [-0.2, 0) is 4.79 Å². The van der Waals surface area contributed by atoms with E-state index in [4.69, 9.17) is 9.84 Å². The fourth-order valence-corrected chi connectivity index (χ4v) is 3.06. The molecule has 7 nitrogen and oxygen atoms in total. The number of carboxylic acids is 1. The molecule has 0 spiro atoms. The van der Waals surface area contributed by atoms with Gasteiger partial charge in [0.25, 0.3) is 5.91 Å². The van der Waals surface area contributed by atoms with Crippen molar-refractivity contribution in [1.29, 1.82) is 0 Å². The van der Waals surface area contributed by atoms with Crippen molar-refractivity contribution in [3.05, 3.63) is 41.2 Å². The first-order chi connectivity index (χ1) is 13.4. The molecule has 1 aromatic carbocycles. The SMILES string of the molecule is COc1ccc2c(c1)[nH]c1c(C=C(C)C)nc(C(=O)NCCCC(=O)O)cc12. The summed E-state index contributed by atoms with van der Waals surface area (Å²) in [5.74, 6) is -0.459. The van der Waals surface area contributed by atoms with E-state index >= 15 is 0 Å². The van der Waals surface area contributed by atoms with Crippen molar-refractivity contribution in [3.8, 4) is 5.75 Å². The molecule has 146 valence electrons. The third-order valence-corrected chi connectivity index (χ3v) is 4.34. The van der Waals surface area contributed by atoms with Crippen LogP contribution in [0, 0.1) is 0 Å². The molecule has 0 saturated carbocycles. The van der Waals surface area contributed by atoms with Gasteiger partial charge in [0.05, 0.1) is 23.8 Å². The number of nitrogens with one attached hydrogen (secondary N) is 2. The maximum Gasteiger partial charge on any atom is 0.303 e. The minimum absolute atomic E-state index is 0.0139. The highest BCUT2D eigenvalue weighted by atomic mass is 16.5. The zero-order valence-corrected chi connectivity index (χ0v) is 16.1. The summed E-state index contributed by atoms with van der Waals surface area (Å²) in [6.07, 6.45) is 2.31. The largest absolute Gasteiger partial charge is 0.497 e. The Morgan fingerprint density at radius 3 is 2.71 bits per heavy atom. The quantitative estimate of drug-likeness (QED) is 0.541. The molecular formula is C21H23N3O4. The summed E-state index contributed by atoms with van der Waals surface area (Å²) in [5, 5.41) is 13.3. The third-order valence-electron chi connectivity index (χ3n) is 4.34. The number of carboxylic acid groups (broad SMARTS) is 1. The van der Waals surface area contributed by atoms with Gasteiger partial charge in [-0.1, -0.05) is 5.57 Å². The van der Waals surface area contributed by atoms with Crippen LogP contribution >= 0.6 is 0 Å². The Labute approximate surface area is 162 Å². The number of aromatic amines is 1. The van der Waals surface area contributed by atoms with Crippen LogP contribution in [0.3, 0.4) is 0 Å². The number of methoxy groups -OCH3 is 1. The molecular weight excluding hydrogens is 358 g/mol. The molecule has 2 aromatic heterocycles. The molecule has 0 aliphatic rings. The van der Waals surface area contributed by atoms with Gasteiger partial charge < -0.3 is 20.1 Å². The van der Waals surface area contributed by atoms with E-state index in [-0.39, 0.29) is 18.9 Å². The van der Waals surface area contributed by atoms with Crippen LogP contribution in [0.15, 0.2) is 29.8 Å². The summed E-state index contributed by atoms with van der Waals surface area (Å²) >= 11 is 0. The normalized spacial score (nSPS) is 10.8. The first-order valence-electron chi connectivity index (χ1n) is 9.04. The molecule has 0 unspecified atom stereocenters. The van der Waals surface area contributed by atoms with Crippen LogP contribution in [0.2, 0.25) is 0 Å². The average molecular weight is 381 g/mol. The van der Waals surface area contributed by atoms with E-state index in [1.165, 1.54) is 0 Å². The number of hydrogen-bond acceptors (Lipinski definition) is 4. The maximum absolute atomic E-state index is 12.6. The number of aliphatic carboxylic acids is 1. The lowest BCUT2D eigenvalue weighted by Crippen LogP contribution is -2.26. The van der Waals surface area contributed by atoms with Gasteiger partial charge in [0.2, 0.25) is 0 Å². The van der Waals surface area contributed by atoms with Crippen LogP contribution < -0.4 is 10.1 Å². The lowest BCUT2D eigenvalue weighted by molar-refractivity contribution is -0.137. The fourth-order valence-electron chi connectivity index (χ4n) is 3.06. The van der Waals surface area contributed by atoms with E-state index in [0.717, 1.165) is 33.1 Å². The molecule has 1 amide bonds. The van der Waals surface area contributed by atoms with E-state index < -0.39 is 5.97 Å². The molecule has 0 bridgehead atoms. The van der Waals surface area contributed by atoms with Crippen molar-refractivity contribution in [3.63, 3.8) is 0 Å². The lowest BCUT2D eigenvalue weighted by Gasteiger charge is -2.06. The smallest absolute Gasteiger partial charge is 0.303 e. The molecule has 2 heterocycles. The van der Waals surface area contributed by atoms with Crippen molar-refractivity contribution in [2.24, 2.45) is 0 Å². The van der Waals surface area contributed by atoms with Gasteiger partial charge in [0, 0.05) is 29.8 Å². The number of allylic oxidation sites excluding steroid dienone is 1. The zero-order valence-electron chi connectivity index (χ0n) is 16.1. The maximum atomic E-state index is 12.6. The Bertz CT molecular complexity index is 1080. The average Bonchev–Trinajstić information content (AvgIpc) is 3.02. The summed E-state index contributed by atoms with van der Waals surface area (Å²) in [4.78, 5) is 31.1. The van der Waals surface area contributed by atoms with Crippen LogP contribution in [0.25, 0.3) is 27.9 Å². The van der Waals surface area contributed by atoms with Crippen LogP contribution in [0.5, 0.6) is 5.75 Å². The van der Waals surface area contributed by atoms with E-state index in [1.54, 1.807) is 13.2 Å². The van der Waals surface area contributed by atoms with Gasteiger partial charge in [-0.15, -0.1) is 0 Å². The topological polar surface area (TPSA) is 104 Å². The molecule has 3 aromatic rings. The first-order valence-corrected chi connectivity index (χ1v) is 9.04. The highest BCUT2D eigenvalue weighted by molar-refractivity contribution is 6.11. The molecule has 7 heteroatoms. The minimum atomic E-state index is -0.881. The number of carbonyl (C=O) groups excluding carboxylic acids is 1. The Morgan fingerprint density at radius 2 is 2.04 bits per heavy atom. The van der Waals surface area contributed by atoms with Crippen molar-refractivity contribution in [2.75, 3.05) is 13.7 Å². The zero-order chi connectivity index (χ0) is 20.3. The van der Waals surface area contributed by atoms with Gasteiger partial charge >= 0.3 is 5.97 Å². The monoisotopic (exact) mass is 381 g/mol. The first kappa shape index (κ1) is 19.4. The molecule has 3 rings (SSSR count). The molecule has 3 N–H and O–H groups in total. The molecule has 0 radical (unpaired) electrons. The highest BCUT2D eigenvalue weighted by Crippen LogP contribution is 2.31. The number of rotatable bonds is 7. The van der Waals surface area contributed by atoms with E-state index in [1.807, 2.05) is 38.1 Å². The Balaban J connectivity index is 2.03. The second kappa shape index (κ2) is 8.12. The van der Waals surface area contributed by atoms with Crippen LogP contribution in [-0.4, -0.2) is 40.6 Å². The standard InChI is InChI=1S/C21H23N3O4/c1-12(2)9-17-20-15(14-7-6-13(28-3)10-16(14)24-20)11-18(23-17)21(27)22-8-4-5-19(25)26/h6-7,9-11,24H,4-5,8H2,1-3H3,(H,22,27)(H,25,26). The van der Waals surface area contributed by atoms with Gasteiger partial charge in [0.15, 0.2) is 0 Å². The lowest BCUT2D eigenvalue weighted by atomic mass is 10.1. The van der Waals surface area contributed by atoms with Gasteiger partial charge in [-0.25, -0.2) is 4.98 Å². The Hall–Kier alpha value is -3.35. The molecule has 0 saturated heterocycles. The Morgan fingerprint density at radius 1 is 1.25 bits per heavy atom. The van der Waals surface area contributed by atoms with Crippen LogP contribution in [0.4, 0.5) is 0 Å². The molecule has 0 aliphatic carbocycles. The van der Waals surface area contributed by atoms with Gasteiger partial charge in [-0.05, 0) is 44.5 Å². The predicted molar refractivity (Wildman–Crippen MR) is 109 cm³/mol. The Kier molecular flexibility index (Phi) is 5.63. The number of fused-ring (bicyclic) bond motifs is 3. The van der Waals surface area contributed by atoms with Crippen molar-refractivity contribution < 1.29 is 19.4 Å². The van der Waals surface area contributed by atoms with Crippen LogP contribution in [0.1, 0.15) is 42.9 Å². The number of ether oxygens (including phenoxy) is 1. The third kappa shape index (κ3) is 4.14. The van der Waals surface area contributed by atoms with Crippen molar-refractivity contribution in [2.45, 2.75) is 26.7 Å². The van der Waals surface area contributed by atoms with Crippen molar-refractivity contribution in [1.82, 2.24) is 15.3 Å². The summed E-state index contributed by atoms with van der Waals surface area (Å²) in [6.45, 7) is 4.23. The predicted octanol–water partition coefficient (Wildman–Crippen LogP) is 3.74. The number of pyridine rings is 1. The minimum Gasteiger partial charge on any atom is -0.497 e. The summed E-state index contributed by atoms with van der Waals surface area (Å²) in [5.41, 5.74) is 3.80. The molecule has 0 atom stereocenters. The number of benzene rings is 1. The highest BCUT2D eigenvalue weighted by Gasteiger charge is 2.15. The molecule has 0 aliphatic heterocycles. The number of nitrogens with zero attached hydrogens (tertiary/aromatic N) is 1. The number of aromatic nitrogens is 2. The molecule has 0 fully saturated rings. The van der Waals surface area contributed by atoms with Crippen molar-refractivity contribution >= 4 is 39.8 Å². The number of H-pyrrole nitrogens is 1. The number of amides is 1. The summed E-state index contributed by atoms with van der Waals surface area (Å²) in [6, 6.07) is 7.50. The number of hydrogen-bond donors (Lipinski definition) is 3. The van der Waals surface area contributed by atoms with E-state index in [9.17, 15) is 9.59 Å². The van der Waals surface area contributed by atoms with Gasteiger partial charge in [0.1, 0.15) is 11.4 Å². The summed E-state index contributed by atoms with van der Waals surface area (Å²) < 4.78 is 5.29. The second-order valence-corrected chi connectivity index (χ2v) is 6.83.